The second kappa shape index (κ2) is 6.12. The normalized spacial score (nSPS) is 10.2. The molecule has 0 aliphatic rings. The fourth-order valence-corrected chi connectivity index (χ4v) is 1.82. The van der Waals surface area contributed by atoms with Gasteiger partial charge in [0.2, 0.25) is 0 Å². The van der Waals surface area contributed by atoms with Gasteiger partial charge in [0.25, 0.3) is 5.91 Å². The Bertz CT molecular complexity index is 597. The zero-order valence-corrected chi connectivity index (χ0v) is 11.5. The van der Waals surface area contributed by atoms with E-state index in [9.17, 15) is 4.79 Å². The van der Waals surface area contributed by atoms with E-state index in [-0.39, 0.29) is 5.91 Å². The molecule has 1 aromatic carbocycles. The van der Waals surface area contributed by atoms with E-state index in [1.54, 1.807) is 11.9 Å². The lowest BCUT2D eigenvalue weighted by molar-refractivity contribution is 0.0778. The third kappa shape index (κ3) is 3.10. The third-order valence-electron chi connectivity index (χ3n) is 3.03. The molecule has 0 saturated carbocycles. The number of nitrogens with two attached hydrogens (primary N) is 1. The summed E-state index contributed by atoms with van der Waals surface area (Å²) in [6.45, 7) is 2.55. The first-order valence-electron chi connectivity index (χ1n) is 6.20. The minimum absolute atomic E-state index is 0.177. The highest BCUT2D eigenvalue weighted by Crippen LogP contribution is 2.11. The number of hydrogen-bond acceptors (Lipinski definition) is 5. The van der Waals surface area contributed by atoms with Crippen LogP contribution in [-0.2, 0) is 6.54 Å². The molecule has 2 rings (SSSR count). The number of nitrogens with zero attached hydrogens (tertiary/aromatic N) is 3. The Hall–Kier alpha value is -2.47. The average Bonchev–Trinajstić information content (AvgIpc) is 2.49. The van der Waals surface area contributed by atoms with E-state index in [4.69, 9.17) is 5.84 Å². The number of nitrogen functional groups attached to an aromatic ring is 1. The SMILES string of the molecule is Cc1ccccc1CN(C)C(=O)c1cnc(NN)cn1. The largest absolute Gasteiger partial charge is 0.336 e. The van der Waals surface area contributed by atoms with E-state index in [1.165, 1.54) is 12.4 Å². The molecule has 1 heterocycles. The second-order valence-corrected chi connectivity index (χ2v) is 4.52. The minimum Gasteiger partial charge on any atom is -0.336 e. The van der Waals surface area contributed by atoms with Gasteiger partial charge in [0, 0.05) is 13.6 Å². The van der Waals surface area contributed by atoms with E-state index in [2.05, 4.69) is 15.4 Å². The smallest absolute Gasteiger partial charge is 0.274 e. The quantitative estimate of drug-likeness (QED) is 0.647. The molecule has 104 valence electrons. The van der Waals surface area contributed by atoms with Crippen LogP contribution in [0.5, 0.6) is 0 Å². The van der Waals surface area contributed by atoms with Crippen LogP contribution in [0, 0.1) is 6.92 Å². The summed E-state index contributed by atoms with van der Waals surface area (Å²) < 4.78 is 0. The number of nitrogens with one attached hydrogen (secondary N) is 1. The van der Waals surface area contributed by atoms with Gasteiger partial charge in [-0.2, -0.15) is 0 Å². The molecule has 0 saturated heterocycles. The molecule has 0 aliphatic heterocycles. The molecule has 0 fully saturated rings. The monoisotopic (exact) mass is 271 g/mol. The van der Waals surface area contributed by atoms with Gasteiger partial charge in [-0.25, -0.2) is 15.8 Å². The summed E-state index contributed by atoms with van der Waals surface area (Å²) in [6.07, 6.45) is 2.83. The van der Waals surface area contributed by atoms with Crippen LogP contribution in [0.15, 0.2) is 36.7 Å². The van der Waals surface area contributed by atoms with Gasteiger partial charge in [0.1, 0.15) is 5.69 Å². The Labute approximate surface area is 117 Å². The van der Waals surface area contributed by atoms with E-state index < -0.39 is 0 Å². The standard InChI is InChI=1S/C14H17N5O/c1-10-5-3-4-6-11(10)9-19(2)14(20)12-7-17-13(18-15)8-16-12/h3-8H,9,15H2,1-2H3,(H,17,18). The summed E-state index contributed by atoms with van der Waals surface area (Å²) in [5.41, 5.74) is 4.92. The van der Waals surface area contributed by atoms with Gasteiger partial charge in [-0.15, -0.1) is 0 Å². The van der Waals surface area contributed by atoms with Crippen molar-refractivity contribution in [3.63, 3.8) is 0 Å². The molecule has 0 unspecified atom stereocenters. The van der Waals surface area contributed by atoms with E-state index >= 15 is 0 Å². The number of aromatic nitrogens is 2. The maximum absolute atomic E-state index is 12.2. The Morgan fingerprint density at radius 3 is 2.65 bits per heavy atom. The van der Waals surface area contributed by atoms with Crippen molar-refractivity contribution >= 4 is 11.7 Å². The molecular weight excluding hydrogens is 254 g/mol. The van der Waals surface area contributed by atoms with E-state index in [0.717, 1.165) is 11.1 Å². The van der Waals surface area contributed by atoms with Crippen molar-refractivity contribution in [3.8, 4) is 0 Å². The Morgan fingerprint density at radius 2 is 2.05 bits per heavy atom. The Kier molecular flexibility index (Phi) is 4.27. The number of anilines is 1. The molecule has 1 aromatic heterocycles. The van der Waals surface area contributed by atoms with Gasteiger partial charge in [0.05, 0.1) is 12.4 Å². The van der Waals surface area contributed by atoms with Crippen molar-refractivity contribution in [2.75, 3.05) is 12.5 Å². The molecule has 6 heteroatoms. The van der Waals surface area contributed by atoms with Crippen molar-refractivity contribution in [3.05, 3.63) is 53.5 Å². The van der Waals surface area contributed by atoms with Gasteiger partial charge in [-0.3, -0.25) is 4.79 Å². The van der Waals surface area contributed by atoms with Crippen molar-refractivity contribution < 1.29 is 4.79 Å². The maximum Gasteiger partial charge on any atom is 0.274 e. The van der Waals surface area contributed by atoms with Crippen LogP contribution in [-0.4, -0.2) is 27.8 Å². The van der Waals surface area contributed by atoms with Crippen LogP contribution >= 0.6 is 0 Å². The molecule has 0 spiro atoms. The lowest BCUT2D eigenvalue weighted by atomic mass is 10.1. The number of rotatable bonds is 4. The first-order chi connectivity index (χ1) is 9.61. The highest BCUT2D eigenvalue weighted by molar-refractivity contribution is 5.91. The van der Waals surface area contributed by atoms with Crippen molar-refractivity contribution in [1.82, 2.24) is 14.9 Å². The third-order valence-corrected chi connectivity index (χ3v) is 3.03. The van der Waals surface area contributed by atoms with E-state index in [0.29, 0.717) is 18.1 Å². The lowest BCUT2D eigenvalue weighted by Gasteiger charge is -2.18. The number of benzene rings is 1. The zero-order chi connectivity index (χ0) is 14.5. The van der Waals surface area contributed by atoms with Crippen molar-refractivity contribution in [2.45, 2.75) is 13.5 Å². The second-order valence-electron chi connectivity index (χ2n) is 4.52. The van der Waals surface area contributed by atoms with Gasteiger partial charge in [-0.05, 0) is 18.1 Å². The Morgan fingerprint density at radius 1 is 1.30 bits per heavy atom. The predicted molar refractivity (Wildman–Crippen MR) is 76.8 cm³/mol. The fourth-order valence-electron chi connectivity index (χ4n) is 1.82. The van der Waals surface area contributed by atoms with E-state index in [1.807, 2.05) is 31.2 Å². The molecule has 6 nitrogen and oxygen atoms in total. The predicted octanol–water partition coefficient (Wildman–Crippen LogP) is 1.34. The fraction of sp³-hybridized carbons (Fsp3) is 0.214. The van der Waals surface area contributed by atoms with Crippen molar-refractivity contribution in [2.24, 2.45) is 5.84 Å². The molecule has 0 radical (unpaired) electrons. The van der Waals surface area contributed by atoms with Gasteiger partial charge in [0.15, 0.2) is 5.82 Å². The van der Waals surface area contributed by atoms with Gasteiger partial charge < -0.3 is 10.3 Å². The molecule has 0 bridgehead atoms. The molecular formula is C14H17N5O. The summed E-state index contributed by atoms with van der Waals surface area (Å²) in [5.74, 6) is 5.45. The summed E-state index contributed by atoms with van der Waals surface area (Å²) in [4.78, 5) is 21.9. The first-order valence-corrected chi connectivity index (χ1v) is 6.20. The molecule has 1 amide bonds. The topological polar surface area (TPSA) is 84.1 Å². The molecule has 2 aromatic rings. The number of hydrazine groups is 1. The number of carbonyl (C=O) groups excluding carboxylic acids is 1. The van der Waals surface area contributed by atoms with Gasteiger partial charge >= 0.3 is 0 Å². The van der Waals surface area contributed by atoms with Crippen LogP contribution in [0.2, 0.25) is 0 Å². The lowest BCUT2D eigenvalue weighted by Crippen LogP contribution is -2.27. The summed E-state index contributed by atoms with van der Waals surface area (Å²) in [5, 5.41) is 0. The number of amides is 1. The number of hydrogen-bond donors (Lipinski definition) is 2. The van der Waals surface area contributed by atoms with Crippen LogP contribution in [0.1, 0.15) is 21.6 Å². The first kappa shape index (κ1) is 14.0. The minimum atomic E-state index is -0.177. The molecule has 3 N–H and O–H groups in total. The van der Waals surface area contributed by atoms with Crippen LogP contribution < -0.4 is 11.3 Å². The summed E-state index contributed by atoms with van der Waals surface area (Å²) >= 11 is 0. The molecule has 0 atom stereocenters. The summed E-state index contributed by atoms with van der Waals surface area (Å²) in [7, 11) is 1.74. The van der Waals surface area contributed by atoms with Gasteiger partial charge in [-0.1, -0.05) is 24.3 Å². The highest BCUT2D eigenvalue weighted by Gasteiger charge is 2.14. The van der Waals surface area contributed by atoms with Crippen LogP contribution in [0.25, 0.3) is 0 Å². The Balaban J connectivity index is 2.10. The zero-order valence-electron chi connectivity index (χ0n) is 11.5. The maximum atomic E-state index is 12.2. The highest BCUT2D eigenvalue weighted by atomic mass is 16.2. The number of aryl methyl sites for hydroxylation is 1. The summed E-state index contributed by atoms with van der Waals surface area (Å²) in [6, 6.07) is 7.97. The molecule has 0 aliphatic carbocycles. The van der Waals surface area contributed by atoms with Crippen LogP contribution in [0.3, 0.4) is 0 Å². The van der Waals surface area contributed by atoms with Crippen LogP contribution in [0.4, 0.5) is 5.82 Å². The average molecular weight is 271 g/mol. The molecule has 20 heavy (non-hydrogen) atoms. The number of carbonyl (C=O) groups is 1. The van der Waals surface area contributed by atoms with Crippen molar-refractivity contribution in [1.29, 1.82) is 0 Å².